The van der Waals surface area contributed by atoms with Crippen LogP contribution < -0.4 is 37.7 Å². The van der Waals surface area contributed by atoms with E-state index < -0.39 is 0 Å². The van der Waals surface area contributed by atoms with Crippen LogP contribution in [0.5, 0.6) is 0 Å². The molecule has 2 aromatic heterocycles. The fraction of sp³-hybridized carbons (Fsp3) is 0.292. The standard InChI is InChI=1S/C48H46IN4O/c50-48(33-13-12-16-35(29-33)53-42-22-9-6-17-36(42)37-18-7-10-23-43(37)53)51-41(30-49-34-14-2-1-3-15-34)31-25-27-32(28-26-31)45-38-19-4-5-20-39(38)47-46(52-45)40-21-8-11-24-44(40)54-47/h1-3,5-7,9,11-14,17-18,20,22,24-25,27-31,34-35,38,45H,4,8,10,15-16,19,21,23,26H2,(H2,50,51)/q-1/b41-30-. The van der Waals surface area contributed by atoms with Crippen molar-refractivity contribution in [2.75, 3.05) is 0 Å². The molecule has 6 aliphatic carbocycles. The quantitative estimate of drug-likeness (QED) is 0.136. The third-order valence-electron chi connectivity index (χ3n) is 12.0. The van der Waals surface area contributed by atoms with Gasteiger partial charge in [-0.15, -0.1) is 0 Å². The summed E-state index contributed by atoms with van der Waals surface area (Å²) in [6, 6.07) is 9.15. The summed E-state index contributed by atoms with van der Waals surface area (Å²) in [4.78, 5) is 10.8. The summed E-state index contributed by atoms with van der Waals surface area (Å²) >= 11 is -0.255. The van der Waals surface area contributed by atoms with Crippen molar-refractivity contribution in [2.45, 2.75) is 73.8 Å². The van der Waals surface area contributed by atoms with Gasteiger partial charge in [-0.25, -0.2) is 0 Å². The number of nitrogens with zero attached hydrogens (tertiary/aromatic N) is 3. The van der Waals surface area contributed by atoms with E-state index in [1.54, 1.807) is 0 Å². The third-order valence-corrected chi connectivity index (χ3v) is 14.9. The molecule has 1 aliphatic heterocycles. The number of rotatable bonds is 7. The zero-order valence-corrected chi connectivity index (χ0v) is 32.7. The number of amidine groups is 1. The fourth-order valence-corrected chi connectivity index (χ4v) is 11.8. The molecular weight excluding hydrogens is 775 g/mol. The van der Waals surface area contributed by atoms with E-state index in [1.807, 2.05) is 0 Å². The van der Waals surface area contributed by atoms with Crippen LogP contribution in [0.1, 0.15) is 73.6 Å². The first kappa shape index (κ1) is 33.8. The summed E-state index contributed by atoms with van der Waals surface area (Å²) in [6.07, 6.45) is 45.9. The predicted molar refractivity (Wildman–Crippen MR) is 218 cm³/mol. The summed E-state index contributed by atoms with van der Waals surface area (Å²) in [5.74, 6) is 2.12. The van der Waals surface area contributed by atoms with E-state index in [2.05, 4.69) is 130 Å². The zero-order chi connectivity index (χ0) is 36.0. The van der Waals surface area contributed by atoms with Crippen molar-refractivity contribution < 1.29 is 25.6 Å². The van der Waals surface area contributed by atoms with Crippen LogP contribution in [0.2, 0.25) is 0 Å². The molecule has 54 heavy (non-hydrogen) atoms. The minimum atomic E-state index is -0.255. The average Bonchev–Trinajstić information content (AvgIpc) is 3.79. The number of alkyl halides is 1. The second-order valence-electron chi connectivity index (χ2n) is 15.3. The van der Waals surface area contributed by atoms with Gasteiger partial charge in [-0.1, -0.05) is 6.08 Å². The van der Waals surface area contributed by atoms with Crippen LogP contribution in [-0.2, 0) is 12.8 Å². The Morgan fingerprint density at radius 3 is 2.72 bits per heavy atom. The number of halogens is 1. The average molecular weight is 822 g/mol. The van der Waals surface area contributed by atoms with Gasteiger partial charge in [-0.05, 0) is 0 Å². The Morgan fingerprint density at radius 1 is 0.907 bits per heavy atom. The van der Waals surface area contributed by atoms with Crippen LogP contribution in [0.25, 0.3) is 28.6 Å². The maximum atomic E-state index is 7.02. The third kappa shape index (κ3) is 6.16. The number of hydrogen-bond acceptors (Lipinski definition) is 3. The number of para-hydroxylation sites is 1. The molecule has 0 amide bonds. The molecule has 1 aromatic carbocycles. The Morgan fingerprint density at radius 2 is 1.81 bits per heavy atom. The van der Waals surface area contributed by atoms with Crippen molar-refractivity contribution in [2.24, 2.45) is 27.6 Å². The molecule has 0 saturated carbocycles. The number of allylic oxidation sites excluding steroid dienone is 12. The Hall–Kier alpha value is -4.69. The molecule has 10 rings (SSSR count). The first-order valence-electron chi connectivity index (χ1n) is 19.8. The molecule has 5 nitrogen and oxygen atoms in total. The fourth-order valence-electron chi connectivity index (χ4n) is 9.33. The monoisotopic (exact) mass is 821 g/mol. The molecule has 6 heteroatoms. The van der Waals surface area contributed by atoms with Crippen molar-refractivity contribution in [3.63, 3.8) is 0 Å². The Kier molecular flexibility index (Phi) is 9.10. The molecule has 5 atom stereocenters. The second kappa shape index (κ2) is 14.5. The molecule has 0 spiro atoms. The minimum absolute atomic E-state index is 0.107. The van der Waals surface area contributed by atoms with Gasteiger partial charge in [0.05, 0.1) is 0 Å². The number of nitrogens with two attached hydrogens (primary N) is 1. The van der Waals surface area contributed by atoms with Gasteiger partial charge >= 0.3 is 324 Å². The summed E-state index contributed by atoms with van der Waals surface area (Å²) in [6.45, 7) is 0. The van der Waals surface area contributed by atoms with E-state index in [1.165, 1.54) is 38.9 Å². The van der Waals surface area contributed by atoms with Gasteiger partial charge in [0, 0.05) is 0 Å². The van der Waals surface area contributed by atoms with E-state index >= 15 is 0 Å². The van der Waals surface area contributed by atoms with Gasteiger partial charge in [0.25, 0.3) is 0 Å². The molecule has 3 heterocycles. The van der Waals surface area contributed by atoms with Crippen LogP contribution >= 0.6 is 0 Å². The van der Waals surface area contributed by atoms with Crippen LogP contribution in [0.3, 0.4) is 0 Å². The number of benzene rings is 1. The van der Waals surface area contributed by atoms with Crippen LogP contribution in [-0.4, -0.2) is 20.4 Å². The Labute approximate surface area is 327 Å². The molecule has 272 valence electrons. The van der Waals surface area contributed by atoms with E-state index in [-0.39, 0.29) is 39.2 Å². The first-order valence-corrected chi connectivity index (χ1v) is 22.3. The van der Waals surface area contributed by atoms with Gasteiger partial charge in [0.2, 0.25) is 0 Å². The normalized spacial score (nSPS) is 27.0. The molecule has 5 unspecified atom stereocenters. The molecule has 0 saturated heterocycles. The number of aromatic nitrogens is 1. The van der Waals surface area contributed by atoms with Gasteiger partial charge in [0.1, 0.15) is 0 Å². The van der Waals surface area contributed by atoms with Crippen molar-refractivity contribution in [3.05, 3.63) is 164 Å². The van der Waals surface area contributed by atoms with Gasteiger partial charge in [-0.2, -0.15) is 0 Å². The van der Waals surface area contributed by atoms with Gasteiger partial charge in [0.15, 0.2) is 0 Å². The molecule has 2 N–H and O–H groups in total. The van der Waals surface area contributed by atoms with Crippen molar-refractivity contribution >= 4 is 34.5 Å². The number of hydrogen-bond donors (Lipinski definition) is 1. The molecule has 3 aromatic rings. The Balaban J connectivity index is 0.960. The van der Waals surface area contributed by atoms with Crippen LogP contribution in [0, 0.1) is 11.8 Å². The van der Waals surface area contributed by atoms with Crippen molar-refractivity contribution in [1.29, 1.82) is 0 Å². The topological polar surface area (TPSA) is 68.8 Å². The maximum absolute atomic E-state index is 7.02. The van der Waals surface area contributed by atoms with E-state index in [9.17, 15) is 0 Å². The van der Waals surface area contributed by atoms with E-state index in [0.29, 0.717) is 15.7 Å². The molecule has 0 bridgehead atoms. The van der Waals surface area contributed by atoms with Gasteiger partial charge in [-0.3, -0.25) is 0 Å². The van der Waals surface area contributed by atoms with Crippen LogP contribution in [0.15, 0.2) is 145 Å². The Bertz CT molecular complexity index is 2500. The molecule has 0 fully saturated rings. The SMILES string of the molecule is NC(=N/C(=C\[I-]C1C=CC=CC1)C1C=CC(C2N=c3c4c(oc3=C3C=CCCC32)C=CCC4)=CC1)C1=CC(n2c3c(c4ccccc42)C=CCC3)CC=C1. The summed E-state index contributed by atoms with van der Waals surface area (Å²) in [5, 5.41) is 2.42. The molecule has 7 aliphatic rings. The molecule has 0 radical (unpaired) electrons. The summed E-state index contributed by atoms with van der Waals surface area (Å²) < 4.78 is 12.1. The van der Waals surface area contributed by atoms with E-state index in [4.69, 9.17) is 20.1 Å². The second-order valence-corrected chi connectivity index (χ2v) is 18.3. The van der Waals surface area contributed by atoms with Crippen LogP contribution in [0.4, 0.5) is 0 Å². The first-order chi connectivity index (χ1) is 26.7. The zero-order valence-electron chi connectivity index (χ0n) is 30.6. The number of fused-ring (bicyclic) bond motifs is 7. The van der Waals surface area contributed by atoms with Gasteiger partial charge < -0.3 is 0 Å². The number of aliphatic imine (C=N–C) groups is 1. The summed E-state index contributed by atoms with van der Waals surface area (Å²) in [7, 11) is 0. The van der Waals surface area contributed by atoms with Crippen molar-refractivity contribution in [1.82, 2.24) is 4.57 Å². The predicted octanol–water partition coefficient (Wildman–Crippen LogP) is 6.07. The van der Waals surface area contributed by atoms with E-state index in [0.717, 1.165) is 85.6 Å². The van der Waals surface area contributed by atoms with Crippen molar-refractivity contribution in [3.8, 4) is 0 Å². The molecular formula is C48H46IN4O-. The summed E-state index contributed by atoms with van der Waals surface area (Å²) in [5.41, 5.74) is 18.2. The number of furan rings is 1.